The number of hydrogen-bond acceptors (Lipinski definition) is 0. The second-order valence-electron chi connectivity index (χ2n) is 4.06. The van der Waals surface area contributed by atoms with Crippen LogP contribution in [0.4, 0.5) is 13.2 Å². The Balaban J connectivity index is 3.07. The first-order chi connectivity index (χ1) is 6.37. The molecule has 0 bridgehead atoms. The summed E-state index contributed by atoms with van der Waals surface area (Å²) in [6.45, 7) is 8.28. The van der Waals surface area contributed by atoms with E-state index in [9.17, 15) is 13.2 Å². The molecular weight excluding hydrogens is 189 g/mol. The summed E-state index contributed by atoms with van der Waals surface area (Å²) in [5.74, 6) is -4.35. The zero-order valence-electron chi connectivity index (χ0n) is 8.27. The average Bonchev–Trinajstić information content (AvgIpc) is 2.10. The molecule has 0 nitrogen and oxygen atoms in total. The molecule has 0 N–H and O–H groups in total. The molecule has 80 valence electrons. The van der Waals surface area contributed by atoms with Crippen molar-refractivity contribution in [3.8, 4) is 0 Å². The number of rotatable bonds is 2. The molecule has 0 amide bonds. The Morgan fingerprint density at radius 2 is 1.86 bits per heavy atom. The first-order valence-corrected chi connectivity index (χ1v) is 4.70. The van der Waals surface area contributed by atoms with Gasteiger partial charge >= 0.3 is 0 Å². The van der Waals surface area contributed by atoms with Crippen LogP contribution in [0.1, 0.15) is 19.8 Å². The maximum Gasteiger partial charge on any atom is 0.285 e. The molecule has 1 rings (SSSR count). The number of alkyl halides is 3. The molecule has 0 aromatic rings. The summed E-state index contributed by atoms with van der Waals surface area (Å²) in [4.78, 5) is 0. The largest absolute Gasteiger partial charge is 0.285 e. The van der Waals surface area contributed by atoms with Gasteiger partial charge in [0.25, 0.3) is 5.92 Å². The van der Waals surface area contributed by atoms with Gasteiger partial charge in [-0.05, 0) is 18.4 Å². The molecule has 14 heavy (non-hydrogen) atoms. The highest BCUT2D eigenvalue weighted by molar-refractivity contribution is 5.16. The Labute approximate surface area is 82.5 Å². The molecule has 0 radical (unpaired) electrons. The summed E-state index contributed by atoms with van der Waals surface area (Å²) >= 11 is 0. The number of hydrogen-bond donors (Lipinski definition) is 0. The standard InChI is InChI=1S/C11H15F3/c1-4-9-6-8(3)7-11(13,14)10(9,12)5-2/h4-5,8-9H,1-2,6-7H2,3H3. The second kappa shape index (κ2) is 3.44. The summed E-state index contributed by atoms with van der Waals surface area (Å²) in [7, 11) is 0. The molecule has 3 heteroatoms. The fourth-order valence-electron chi connectivity index (χ4n) is 2.12. The van der Waals surface area contributed by atoms with E-state index in [-0.39, 0.29) is 5.92 Å². The third-order valence-corrected chi connectivity index (χ3v) is 2.94. The third kappa shape index (κ3) is 1.49. The minimum atomic E-state index is -3.33. The van der Waals surface area contributed by atoms with E-state index >= 15 is 0 Å². The summed E-state index contributed by atoms with van der Waals surface area (Å²) in [5.41, 5.74) is -2.62. The second-order valence-corrected chi connectivity index (χ2v) is 4.06. The van der Waals surface area contributed by atoms with Gasteiger partial charge in [0.2, 0.25) is 0 Å². The molecular formula is C11H15F3. The predicted molar refractivity (Wildman–Crippen MR) is 51.1 cm³/mol. The maximum absolute atomic E-state index is 14.0. The Bertz CT molecular complexity index is 247. The van der Waals surface area contributed by atoms with Crippen molar-refractivity contribution in [3.05, 3.63) is 25.3 Å². The van der Waals surface area contributed by atoms with E-state index in [1.807, 2.05) is 0 Å². The molecule has 0 aromatic heterocycles. The molecule has 0 spiro atoms. The Kier molecular flexibility index (Phi) is 2.79. The Hall–Kier alpha value is -0.730. The molecule has 1 aliphatic rings. The molecule has 0 heterocycles. The highest BCUT2D eigenvalue weighted by Crippen LogP contribution is 2.50. The SMILES string of the molecule is C=CC1CC(C)CC(F)(F)C1(F)C=C. The van der Waals surface area contributed by atoms with Crippen molar-refractivity contribution in [2.75, 3.05) is 0 Å². The van der Waals surface area contributed by atoms with E-state index in [2.05, 4.69) is 13.2 Å². The predicted octanol–water partition coefficient (Wildman–Crippen LogP) is 3.75. The van der Waals surface area contributed by atoms with Crippen LogP contribution in [0.3, 0.4) is 0 Å². The molecule has 0 aliphatic heterocycles. The average molecular weight is 204 g/mol. The van der Waals surface area contributed by atoms with Gasteiger partial charge in [-0.3, -0.25) is 0 Å². The Morgan fingerprint density at radius 3 is 2.29 bits per heavy atom. The summed E-state index contributed by atoms with van der Waals surface area (Å²) in [5, 5.41) is 0. The van der Waals surface area contributed by atoms with E-state index in [0.717, 1.165) is 6.08 Å². The summed E-state index contributed by atoms with van der Waals surface area (Å²) < 4.78 is 40.9. The van der Waals surface area contributed by atoms with Crippen LogP contribution < -0.4 is 0 Å². The first kappa shape index (κ1) is 11.3. The third-order valence-electron chi connectivity index (χ3n) is 2.94. The van der Waals surface area contributed by atoms with Gasteiger partial charge in [-0.25, -0.2) is 13.2 Å². The van der Waals surface area contributed by atoms with Crippen LogP contribution in [0.5, 0.6) is 0 Å². The van der Waals surface area contributed by atoms with E-state index < -0.39 is 23.9 Å². The van der Waals surface area contributed by atoms with Crippen molar-refractivity contribution < 1.29 is 13.2 Å². The zero-order valence-corrected chi connectivity index (χ0v) is 8.27. The molecule has 1 saturated carbocycles. The van der Waals surface area contributed by atoms with Crippen LogP contribution in [0, 0.1) is 11.8 Å². The van der Waals surface area contributed by atoms with Crippen LogP contribution in [0.2, 0.25) is 0 Å². The van der Waals surface area contributed by atoms with Crippen LogP contribution in [0.25, 0.3) is 0 Å². The monoisotopic (exact) mass is 204 g/mol. The van der Waals surface area contributed by atoms with Gasteiger partial charge in [0.1, 0.15) is 0 Å². The van der Waals surface area contributed by atoms with Gasteiger partial charge in [-0.2, -0.15) is 0 Å². The number of halogens is 3. The van der Waals surface area contributed by atoms with Crippen molar-refractivity contribution in [3.63, 3.8) is 0 Å². The minimum absolute atomic E-state index is 0.183. The molecule has 3 unspecified atom stereocenters. The fraction of sp³-hybridized carbons (Fsp3) is 0.636. The highest BCUT2D eigenvalue weighted by Gasteiger charge is 2.59. The van der Waals surface area contributed by atoms with Crippen molar-refractivity contribution in [2.24, 2.45) is 11.8 Å². The highest BCUT2D eigenvalue weighted by atomic mass is 19.3. The van der Waals surface area contributed by atoms with E-state index in [1.165, 1.54) is 6.08 Å². The van der Waals surface area contributed by atoms with Crippen LogP contribution in [-0.2, 0) is 0 Å². The van der Waals surface area contributed by atoms with Gasteiger partial charge in [0.05, 0.1) is 0 Å². The van der Waals surface area contributed by atoms with Crippen molar-refractivity contribution in [2.45, 2.75) is 31.4 Å². The summed E-state index contributed by atoms with van der Waals surface area (Å²) in [6, 6.07) is 0. The fourth-order valence-corrected chi connectivity index (χ4v) is 2.12. The van der Waals surface area contributed by atoms with Crippen LogP contribution in [-0.4, -0.2) is 11.6 Å². The number of allylic oxidation sites excluding steroid dienone is 2. The van der Waals surface area contributed by atoms with Crippen molar-refractivity contribution in [1.29, 1.82) is 0 Å². The van der Waals surface area contributed by atoms with Gasteiger partial charge < -0.3 is 0 Å². The van der Waals surface area contributed by atoms with E-state index in [1.54, 1.807) is 6.92 Å². The van der Waals surface area contributed by atoms with Gasteiger partial charge in [-0.1, -0.05) is 19.6 Å². The van der Waals surface area contributed by atoms with Gasteiger partial charge in [0.15, 0.2) is 5.67 Å². The lowest BCUT2D eigenvalue weighted by molar-refractivity contribution is -0.166. The van der Waals surface area contributed by atoms with Crippen molar-refractivity contribution >= 4 is 0 Å². The smallest absolute Gasteiger partial charge is 0.232 e. The van der Waals surface area contributed by atoms with E-state index in [4.69, 9.17) is 0 Å². The van der Waals surface area contributed by atoms with Gasteiger partial charge in [0, 0.05) is 12.3 Å². The molecule has 3 atom stereocenters. The molecule has 0 saturated heterocycles. The minimum Gasteiger partial charge on any atom is -0.232 e. The molecule has 1 aliphatic carbocycles. The van der Waals surface area contributed by atoms with Crippen LogP contribution >= 0.6 is 0 Å². The molecule has 0 aromatic carbocycles. The van der Waals surface area contributed by atoms with Gasteiger partial charge in [-0.15, -0.1) is 6.58 Å². The lowest BCUT2D eigenvalue weighted by Gasteiger charge is -2.42. The topological polar surface area (TPSA) is 0 Å². The molecule has 1 fully saturated rings. The lowest BCUT2D eigenvalue weighted by atomic mass is 9.70. The first-order valence-electron chi connectivity index (χ1n) is 4.70. The van der Waals surface area contributed by atoms with Crippen molar-refractivity contribution in [1.82, 2.24) is 0 Å². The summed E-state index contributed by atoms with van der Waals surface area (Å²) in [6.07, 6.45) is 1.98. The van der Waals surface area contributed by atoms with E-state index in [0.29, 0.717) is 6.42 Å². The Morgan fingerprint density at radius 1 is 1.29 bits per heavy atom. The van der Waals surface area contributed by atoms with Crippen LogP contribution in [0.15, 0.2) is 25.3 Å². The lowest BCUT2D eigenvalue weighted by Crippen LogP contribution is -2.52. The maximum atomic E-state index is 14.0. The normalized spacial score (nSPS) is 41.7. The zero-order chi connectivity index (χ0) is 11.0. The quantitative estimate of drug-likeness (QED) is 0.601.